The van der Waals surface area contributed by atoms with E-state index in [1.807, 2.05) is 25.1 Å². The van der Waals surface area contributed by atoms with Crippen LogP contribution in [0, 0.1) is 0 Å². The predicted molar refractivity (Wildman–Crippen MR) is 86.0 cm³/mol. The molecule has 0 unspecified atom stereocenters. The van der Waals surface area contributed by atoms with E-state index in [4.69, 9.17) is 9.47 Å². The van der Waals surface area contributed by atoms with Crippen molar-refractivity contribution in [3.63, 3.8) is 0 Å². The van der Waals surface area contributed by atoms with Crippen LogP contribution < -0.4 is 14.4 Å². The lowest BCUT2D eigenvalue weighted by atomic mass is 10.1. The standard InChI is InChI=1S/C17H21NO4/c1-4-18(11-12-9-14(19)6-7-15(12)20)13-5-8-16(21-2)17(10-13)22-3/h5-10,19-20H,4,11H2,1-3H3. The van der Waals surface area contributed by atoms with Gasteiger partial charge in [0, 0.05) is 30.4 Å². The van der Waals surface area contributed by atoms with Crippen molar-refractivity contribution in [2.24, 2.45) is 0 Å². The number of hydrogen-bond acceptors (Lipinski definition) is 5. The molecule has 0 saturated heterocycles. The summed E-state index contributed by atoms with van der Waals surface area (Å²) in [5.74, 6) is 1.62. The summed E-state index contributed by atoms with van der Waals surface area (Å²) in [6.07, 6.45) is 0. The second-order valence-corrected chi connectivity index (χ2v) is 4.87. The Morgan fingerprint density at radius 1 is 0.955 bits per heavy atom. The largest absolute Gasteiger partial charge is 0.508 e. The topological polar surface area (TPSA) is 62.2 Å². The fourth-order valence-corrected chi connectivity index (χ4v) is 2.31. The lowest BCUT2D eigenvalue weighted by Gasteiger charge is -2.24. The Hall–Kier alpha value is -2.56. The molecule has 0 spiro atoms. The van der Waals surface area contributed by atoms with Crippen molar-refractivity contribution in [1.82, 2.24) is 0 Å². The van der Waals surface area contributed by atoms with E-state index in [1.165, 1.54) is 12.1 Å². The lowest BCUT2D eigenvalue weighted by molar-refractivity contribution is 0.355. The van der Waals surface area contributed by atoms with Crippen LogP contribution in [0.25, 0.3) is 0 Å². The highest BCUT2D eigenvalue weighted by Gasteiger charge is 2.12. The molecule has 0 heterocycles. The van der Waals surface area contributed by atoms with Crippen LogP contribution in [-0.4, -0.2) is 31.0 Å². The summed E-state index contributed by atoms with van der Waals surface area (Å²) in [5.41, 5.74) is 1.61. The van der Waals surface area contributed by atoms with Gasteiger partial charge in [-0.05, 0) is 37.3 Å². The van der Waals surface area contributed by atoms with Gasteiger partial charge in [-0.15, -0.1) is 0 Å². The van der Waals surface area contributed by atoms with Gasteiger partial charge in [-0.2, -0.15) is 0 Å². The SMILES string of the molecule is CCN(Cc1cc(O)ccc1O)c1ccc(OC)c(OC)c1. The molecule has 2 N–H and O–H groups in total. The number of benzene rings is 2. The summed E-state index contributed by atoms with van der Waals surface area (Å²) in [6, 6.07) is 10.2. The third-order valence-electron chi connectivity index (χ3n) is 3.54. The van der Waals surface area contributed by atoms with Crippen LogP contribution in [0.3, 0.4) is 0 Å². The summed E-state index contributed by atoms with van der Waals surface area (Å²) in [4.78, 5) is 2.07. The zero-order valence-corrected chi connectivity index (χ0v) is 13.0. The monoisotopic (exact) mass is 303 g/mol. The number of anilines is 1. The summed E-state index contributed by atoms with van der Waals surface area (Å²) < 4.78 is 10.6. The molecule has 5 nitrogen and oxygen atoms in total. The quantitative estimate of drug-likeness (QED) is 0.803. The summed E-state index contributed by atoms with van der Waals surface area (Å²) >= 11 is 0. The van der Waals surface area contributed by atoms with Crippen molar-refractivity contribution in [1.29, 1.82) is 0 Å². The first-order valence-electron chi connectivity index (χ1n) is 7.06. The maximum absolute atomic E-state index is 9.93. The van der Waals surface area contributed by atoms with Crippen molar-refractivity contribution in [3.05, 3.63) is 42.0 Å². The van der Waals surface area contributed by atoms with Gasteiger partial charge in [0.15, 0.2) is 11.5 Å². The molecule has 2 aromatic rings. The Balaban J connectivity index is 2.30. The molecule has 0 aromatic heterocycles. The van der Waals surface area contributed by atoms with E-state index in [2.05, 4.69) is 4.90 Å². The highest BCUT2D eigenvalue weighted by atomic mass is 16.5. The highest BCUT2D eigenvalue weighted by molar-refractivity contribution is 5.57. The Labute approximate surface area is 130 Å². The van der Waals surface area contributed by atoms with Crippen LogP contribution in [0.15, 0.2) is 36.4 Å². The Bertz CT molecular complexity index is 643. The number of hydrogen-bond donors (Lipinski definition) is 2. The molecule has 0 fully saturated rings. The maximum Gasteiger partial charge on any atom is 0.162 e. The van der Waals surface area contributed by atoms with E-state index in [1.54, 1.807) is 20.3 Å². The number of phenolic OH excluding ortho intramolecular Hbond substituents is 2. The average molecular weight is 303 g/mol. The minimum absolute atomic E-state index is 0.135. The average Bonchev–Trinajstić information content (AvgIpc) is 2.55. The first kappa shape index (κ1) is 15.8. The normalized spacial score (nSPS) is 10.3. The van der Waals surface area contributed by atoms with E-state index in [-0.39, 0.29) is 11.5 Å². The smallest absolute Gasteiger partial charge is 0.162 e. The van der Waals surface area contributed by atoms with Crippen molar-refractivity contribution < 1.29 is 19.7 Å². The molecule has 0 aliphatic heterocycles. The maximum atomic E-state index is 9.93. The number of methoxy groups -OCH3 is 2. The fourth-order valence-electron chi connectivity index (χ4n) is 2.31. The minimum atomic E-state index is 0.135. The number of rotatable bonds is 6. The van der Waals surface area contributed by atoms with Crippen LogP contribution in [0.1, 0.15) is 12.5 Å². The molecule has 2 rings (SSSR count). The molecule has 0 saturated carbocycles. The number of phenols is 2. The Morgan fingerprint density at radius 3 is 2.32 bits per heavy atom. The van der Waals surface area contributed by atoms with Gasteiger partial charge in [0.05, 0.1) is 14.2 Å². The molecule has 0 amide bonds. The van der Waals surface area contributed by atoms with Gasteiger partial charge in [0.2, 0.25) is 0 Å². The van der Waals surface area contributed by atoms with Crippen molar-refractivity contribution >= 4 is 5.69 Å². The molecular formula is C17H21NO4. The van der Waals surface area contributed by atoms with Crippen molar-refractivity contribution in [2.45, 2.75) is 13.5 Å². The number of nitrogens with zero attached hydrogens (tertiary/aromatic N) is 1. The van der Waals surface area contributed by atoms with Gasteiger partial charge in [0.25, 0.3) is 0 Å². The third kappa shape index (κ3) is 3.36. The highest BCUT2D eigenvalue weighted by Crippen LogP contribution is 2.33. The summed E-state index contributed by atoms with van der Waals surface area (Å²) in [7, 11) is 3.19. The molecule has 22 heavy (non-hydrogen) atoms. The van der Waals surface area contributed by atoms with Crippen LogP contribution in [0.4, 0.5) is 5.69 Å². The van der Waals surface area contributed by atoms with Crippen molar-refractivity contribution in [2.75, 3.05) is 25.7 Å². The van der Waals surface area contributed by atoms with Crippen LogP contribution >= 0.6 is 0 Å². The van der Waals surface area contributed by atoms with Crippen LogP contribution in [-0.2, 0) is 6.54 Å². The van der Waals surface area contributed by atoms with Gasteiger partial charge in [-0.25, -0.2) is 0 Å². The van der Waals surface area contributed by atoms with E-state index >= 15 is 0 Å². The molecule has 2 aromatic carbocycles. The second kappa shape index (κ2) is 6.93. The summed E-state index contributed by atoms with van der Waals surface area (Å²) in [6.45, 7) is 3.24. The minimum Gasteiger partial charge on any atom is -0.508 e. The molecule has 118 valence electrons. The first-order valence-corrected chi connectivity index (χ1v) is 7.06. The molecule has 0 radical (unpaired) electrons. The van der Waals surface area contributed by atoms with E-state index in [9.17, 15) is 10.2 Å². The van der Waals surface area contributed by atoms with E-state index in [0.717, 1.165) is 12.2 Å². The lowest BCUT2D eigenvalue weighted by Crippen LogP contribution is -2.22. The van der Waals surface area contributed by atoms with Gasteiger partial charge >= 0.3 is 0 Å². The zero-order chi connectivity index (χ0) is 16.1. The van der Waals surface area contributed by atoms with E-state index < -0.39 is 0 Å². The molecule has 5 heteroatoms. The van der Waals surface area contributed by atoms with Gasteiger partial charge in [0.1, 0.15) is 11.5 Å². The number of ether oxygens (including phenoxy) is 2. The zero-order valence-electron chi connectivity index (χ0n) is 13.0. The Kier molecular flexibility index (Phi) is 4.99. The molecule has 0 bridgehead atoms. The first-order chi connectivity index (χ1) is 10.6. The molecule has 0 aliphatic carbocycles. The molecule has 0 atom stereocenters. The third-order valence-corrected chi connectivity index (χ3v) is 3.54. The van der Waals surface area contributed by atoms with E-state index in [0.29, 0.717) is 23.6 Å². The predicted octanol–water partition coefficient (Wildman–Crippen LogP) is 3.14. The van der Waals surface area contributed by atoms with Gasteiger partial charge in [-0.3, -0.25) is 0 Å². The molecular weight excluding hydrogens is 282 g/mol. The Morgan fingerprint density at radius 2 is 1.68 bits per heavy atom. The van der Waals surface area contributed by atoms with Crippen molar-refractivity contribution in [3.8, 4) is 23.0 Å². The number of aromatic hydroxyl groups is 2. The van der Waals surface area contributed by atoms with Crippen LogP contribution in [0.5, 0.6) is 23.0 Å². The summed E-state index contributed by atoms with van der Waals surface area (Å²) in [5, 5.41) is 19.5. The van der Waals surface area contributed by atoms with Gasteiger partial charge < -0.3 is 24.6 Å². The second-order valence-electron chi connectivity index (χ2n) is 4.87. The van der Waals surface area contributed by atoms with Crippen LogP contribution in [0.2, 0.25) is 0 Å². The fraction of sp³-hybridized carbons (Fsp3) is 0.294. The van der Waals surface area contributed by atoms with Gasteiger partial charge in [-0.1, -0.05) is 0 Å². The molecule has 0 aliphatic rings.